The van der Waals surface area contributed by atoms with Gasteiger partial charge in [-0.2, -0.15) is 0 Å². The molecule has 108 valence electrons. The number of nitrogens with two attached hydrogens (primary N) is 2. The van der Waals surface area contributed by atoms with Crippen LogP contribution in [0.5, 0.6) is 0 Å². The van der Waals surface area contributed by atoms with Crippen molar-refractivity contribution in [1.29, 1.82) is 0 Å². The molecule has 0 radical (unpaired) electrons. The Morgan fingerprint density at radius 3 is 2.38 bits per heavy atom. The molecule has 0 aliphatic carbocycles. The maximum atomic E-state index is 11.6. The van der Waals surface area contributed by atoms with E-state index in [1.54, 1.807) is 23.2 Å². The molecule has 0 fully saturated rings. The number of carbonyl (C=O) groups excluding carboxylic acids is 2. The van der Waals surface area contributed by atoms with Crippen LogP contribution in [0.15, 0.2) is 48.7 Å². The fraction of sp³-hybridized carbons (Fsp3) is 0.133. The highest BCUT2D eigenvalue weighted by Crippen LogP contribution is 2.26. The minimum atomic E-state index is -0.571. The van der Waals surface area contributed by atoms with Crippen molar-refractivity contribution in [3.05, 3.63) is 54.2 Å². The van der Waals surface area contributed by atoms with Gasteiger partial charge in [-0.05, 0) is 24.3 Å². The molecule has 0 aliphatic rings. The van der Waals surface area contributed by atoms with Crippen molar-refractivity contribution >= 4 is 23.3 Å². The van der Waals surface area contributed by atoms with Crippen molar-refractivity contribution in [2.75, 3.05) is 11.4 Å². The molecule has 6 heteroatoms. The lowest BCUT2D eigenvalue weighted by Gasteiger charge is -2.24. The van der Waals surface area contributed by atoms with Gasteiger partial charge in [-0.1, -0.05) is 18.2 Å². The van der Waals surface area contributed by atoms with E-state index in [9.17, 15) is 9.59 Å². The second kappa shape index (κ2) is 6.51. The minimum absolute atomic E-state index is 0.143. The highest BCUT2D eigenvalue weighted by Gasteiger charge is 2.18. The van der Waals surface area contributed by atoms with Crippen LogP contribution in [0.3, 0.4) is 0 Å². The third kappa shape index (κ3) is 3.56. The maximum Gasteiger partial charge on any atom is 0.252 e. The maximum absolute atomic E-state index is 11.6. The van der Waals surface area contributed by atoms with Gasteiger partial charge in [-0.25, -0.2) is 4.98 Å². The molecule has 2 amide bonds. The van der Waals surface area contributed by atoms with Crippen LogP contribution >= 0.6 is 0 Å². The first-order valence-electron chi connectivity index (χ1n) is 6.45. The summed E-state index contributed by atoms with van der Waals surface area (Å²) in [6, 6.07) is 12.6. The zero-order chi connectivity index (χ0) is 15.2. The topological polar surface area (TPSA) is 102 Å². The first kappa shape index (κ1) is 14.5. The Balaban J connectivity index is 2.45. The van der Waals surface area contributed by atoms with E-state index in [1.807, 2.05) is 30.3 Å². The number of rotatable bonds is 6. The normalized spacial score (nSPS) is 10.1. The van der Waals surface area contributed by atoms with Crippen molar-refractivity contribution in [3.63, 3.8) is 0 Å². The van der Waals surface area contributed by atoms with Gasteiger partial charge in [0.05, 0.1) is 5.56 Å². The number of amides is 2. The minimum Gasteiger partial charge on any atom is -0.370 e. The van der Waals surface area contributed by atoms with Gasteiger partial charge >= 0.3 is 0 Å². The zero-order valence-corrected chi connectivity index (χ0v) is 11.4. The summed E-state index contributed by atoms with van der Waals surface area (Å²) >= 11 is 0. The number of pyridine rings is 1. The Kier molecular flexibility index (Phi) is 4.50. The number of anilines is 2. The average molecular weight is 284 g/mol. The second-order valence-electron chi connectivity index (χ2n) is 4.44. The number of primary amides is 2. The van der Waals surface area contributed by atoms with Crippen LogP contribution in [0.25, 0.3) is 0 Å². The van der Waals surface area contributed by atoms with Gasteiger partial charge in [0.15, 0.2) is 0 Å². The molecule has 0 aliphatic heterocycles. The standard InChI is InChI=1S/C15H16N4O2/c16-13(20)8-10-19(11-5-2-1-3-6-11)15-12(14(17)21)7-4-9-18-15/h1-7,9H,8,10H2,(H2,16,20)(H2,17,21). The molecule has 0 unspecified atom stereocenters. The molecule has 0 saturated carbocycles. The first-order chi connectivity index (χ1) is 10.1. The largest absolute Gasteiger partial charge is 0.370 e. The zero-order valence-electron chi connectivity index (χ0n) is 11.4. The second-order valence-corrected chi connectivity index (χ2v) is 4.44. The van der Waals surface area contributed by atoms with Crippen LogP contribution in [0.2, 0.25) is 0 Å². The lowest BCUT2D eigenvalue weighted by molar-refractivity contribution is -0.117. The van der Waals surface area contributed by atoms with Crippen LogP contribution in [0.4, 0.5) is 11.5 Å². The Labute approximate surface area is 122 Å². The predicted molar refractivity (Wildman–Crippen MR) is 80.0 cm³/mol. The summed E-state index contributed by atoms with van der Waals surface area (Å²) in [4.78, 5) is 28.6. The number of benzene rings is 1. The highest BCUT2D eigenvalue weighted by molar-refractivity contribution is 5.98. The Hall–Kier alpha value is -2.89. The molecule has 1 aromatic carbocycles. The third-order valence-corrected chi connectivity index (χ3v) is 2.96. The molecule has 4 N–H and O–H groups in total. The van der Waals surface area contributed by atoms with Gasteiger partial charge in [-0.15, -0.1) is 0 Å². The number of aromatic nitrogens is 1. The number of nitrogens with zero attached hydrogens (tertiary/aromatic N) is 2. The quantitative estimate of drug-likeness (QED) is 0.831. The molecule has 1 heterocycles. The van der Waals surface area contributed by atoms with E-state index in [2.05, 4.69) is 4.98 Å². The van der Waals surface area contributed by atoms with E-state index in [4.69, 9.17) is 11.5 Å². The van der Waals surface area contributed by atoms with Crippen molar-refractivity contribution in [2.24, 2.45) is 11.5 Å². The molecular formula is C15H16N4O2. The molecule has 6 nitrogen and oxygen atoms in total. The van der Waals surface area contributed by atoms with Gasteiger partial charge < -0.3 is 16.4 Å². The van der Waals surface area contributed by atoms with Crippen molar-refractivity contribution in [3.8, 4) is 0 Å². The Morgan fingerprint density at radius 2 is 1.76 bits per heavy atom. The number of hydrogen-bond donors (Lipinski definition) is 2. The summed E-state index contributed by atoms with van der Waals surface area (Å²) in [5.41, 5.74) is 11.7. The first-order valence-corrected chi connectivity index (χ1v) is 6.45. The summed E-state index contributed by atoms with van der Waals surface area (Å²) in [6.07, 6.45) is 1.71. The van der Waals surface area contributed by atoms with Crippen molar-refractivity contribution in [1.82, 2.24) is 4.98 Å². The van der Waals surface area contributed by atoms with Gasteiger partial charge in [0, 0.05) is 24.8 Å². The average Bonchev–Trinajstić information content (AvgIpc) is 2.48. The summed E-state index contributed by atoms with van der Waals surface area (Å²) < 4.78 is 0. The van der Waals surface area contributed by atoms with Gasteiger partial charge in [0.2, 0.25) is 5.91 Å². The van der Waals surface area contributed by atoms with Crippen LogP contribution in [-0.2, 0) is 4.79 Å². The fourth-order valence-electron chi connectivity index (χ4n) is 1.99. The van der Waals surface area contributed by atoms with Crippen LogP contribution in [0.1, 0.15) is 16.8 Å². The van der Waals surface area contributed by atoms with Crippen LogP contribution in [-0.4, -0.2) is 23.3 Å². The van der Waals surface area contributed by atoms with Gasteiger partial charge in [-0.3, -0.25) is 9.59 Å². The summed E-state index contributed by atoms with van der Waals surface area (Å²) in [5.74, 6) is -0.581. The Morgan fingerprint density at radius 1 is 1.05 bits per heavy atom. The predicted octanol–water partition coefficient (Wildman–Crippen LogP) is 1.19. The fourth-order valence-corrected chi connectivity index (χ4v) is 1.99. The van der Waals surface area contributed by atoms with Crippen LogP contribution in [0, 0.1) is 0 Å². The van der Waals surface area contributed by atoms with E-state index in [0.717, 1.165) is 5.69 Å². The van der Waals surface area contributed by atoms with Crippen LogP contribution < -0.4 is 16.4 Å². The molecule has 0 spiro atoms. The highest BCUT2D eigenvalue weighted by atomic mass is 16.1. The Bertz CT molecular complexity index is 643. The molecule has 2 aromatic rings. The number of carbonyl (C=O) groups is 2. The van der Waals surface area contributed by atoms with E-state index >= 15 is 0 Å². The van der Waals surface area contributed by atoms with E-state index in [1.165, 1.54) is 0 Å². The molecule has 0 atom stereocenters. The SMILES string of the molecule is NC(=O)CCN(c1ccccc1)c1ncccc1C(N)=O. The lowest BCUT2D eigenvalue weighted by atomic mass is 10.2. The molecule has 0 saturated heterocycles. The van der Waals surface area contributed by atoms with Gasteiger partial charge in [0.25, 0.3) is 5.91 Å². The van der Waals surface area contributed by atoms with Crippen molar-refractivity contribution < 1.29 is 9.59 Å². The molecule has 21 heavy (non-hydrogen) atoms. The van der Waals surface area contributed by atoms with Gasteiger partial charge in [0.1, 0.15) is 5.82 Å². The van der Waals surface area contributed by atoms with E-state index in [0.29, 0.717) is 17.9 Å². The van der Waals surface area contributed by atoms with Crippen molar-refractivity contribution in [2.45, 2.75) is 6.42 Å². The number of para-hydroxylation sites is 1. The van der Waals surface area contributed by atoms with E-state index in [-0.39, 0.29) is 6.42 Å². The molecular weight excluding hydrogens is 268 g/mol. The monoisotopic (exact) mass is 284 g/mol. The molecule has 0 bridgehead atoms. The summed E-state index contributed by atoms with van der Waals surface area (Å²) in [6.45, 7) is 0.316. The smallest absolute Gasteiger partial charge is 0.252 e. The number of hydrogen-bond acceptors (Lipinski definition) is 4. The molecule has 1 aromatic heterocycles. The van der Waals surface area contributed by atoms with E-state index < -0.39 is 11.8 Å². The molecule has 2 rings (SSSR count). The summed E-state index contributed by atoms with van der Waals surface area (Å²) in [5, 5.41) is 0. The summed E-state index contributed by atoms with van der Waals surface area (Å²) in [7, 11) is 0. The third-order valence-electron chi connectivity index (χ3n) is 2.96. The lowest BCUT2D eigenvalue weighted by Crippen LogP contribution is -2.27.